The highest BCUT2D eigenvalue weighted by Gasteiger charge is 2.36. The first kappa shape index (κ1) is 16.9. The summed E-state index contributed by atoms with van der Waals surface area (Å²) in [6.07, 6.45) is 5.41. The van der Waals surface area contributed by atoms with Crippen LogP contribution in [0.1, 0.15) is 24.8 Å². The molecule has 1 saturated heterocycles. The quantitative estimate of drug-likeness (QED) is 0.824. The first-order valence-corrected chi connectivity index (χ1v) is 8.24. The molecule has 1 aromatic rings. The largest absolute Gasteiger partial charge is 0.459 e. The van der Waals surface area contributed by atoms with Crippen LogP contribution in [0.5, 0.6) is 0 Å². The van der Waals surface area contributed by atoms with Gasteiger partial charge in [0.2, 0.25) is 0 Å². The minimum Gasteiger partial charge on any atom is -0.459 e. The molecular formula is C19H22O5. The van der Waals surface area contributed by atoms with Gasteiger partial charge in [-0.2, -0.15) is 0 Å². The van der Waals surface area contributed by atoms with Crippen molar-refractivity contribution >= 4 is 12.0 Å². The standard InChI is InChI=1S/C19H22O5/c20-16-12-15(11-14-7-4-8-18(21)24-14)23-17(19(16)22)10-9-13-5-2-1-3-6-13/h1-6,8-10,14-17,19-20,22H,7,11-12H2/t14-,15+,16-,17-,19-/m0/s1. The van der Waals surface area contributed by atoms with Crippen molar-refractivity contribution in [1.29, 1.82) is 0 Å². The molecule has 5 heteroatoms. The Morgan fingerprint density at radius 3 is 2.71 bits per heavy atom. The van der Waals surface area contributed by atoms with Crippen molar-refractivity contribution in [2.75, 3.05) is 0 Å². The Hall–Kier alpha value is -1.95. The van der Waals surface area contributed by atoms with Crippen LogP contribution in [0, 0.1) is 0 Å². The van der Waals surface area contributed by atoms with Crippen LogP contribution in [0.2, 0.25) is 0 Å². The van der Waals surface area contributed by atoms with Gasteiger partial charge in [0.15, 0.2) is 0 Å². The zero-order valence-corrected chi connectivity index (χ0v) is 13.3. The third-order valence-corrected chi connectivity index (χ3v) is 4.32. The molecule has 24 heavy (non-hydrogen) atoms. The van der Waals surface area contributed by atoms with Gasteiger partial charge in [-0.15, -0.1) is 0 Å². The van der Waals surface area contributed by atoms with Gasteiger partial charge in [-0.05, 0) is 5.56 Å². The Morgan fingerprint density at radius 1 is 1.17 bits per heavy atom. The van der Waals surface area contributed by atoms with Gasteiger partial charge in [-0.25, -0.2) is 4.79 Å². The van der Waals surface area contributed by atoms with Crippen molar-refractivity contribution in [1.82, 2.24) is 0 Å². The number of aliphatic hydroxyl groups is 2. The molecule has 1 fully saturated rings. The maximum atomic E-state index is 11.3. The van der Waals surface area contributed by atoms with Crippen LogP contribution >= 0.6 is 0 Å². The lowest BCUT2D eigenvalue weighted by molar-refractivity contribution is -0.165. The van der Waals surface area contributed by atoms with Crippen molar-refractivity contribution in [2.45, 2.75) is 49.8 Å². The lowest BCUT2D eigenvalue weighted by Gasteiger charge is -2.37. The molecule has 0 spiro atoms. The summed E-state index contributed by atoms with van der Waals surface area (Å²) in [5, 5.41) is 20.3. The Labute approximate surface area is 141 Å². The summed E-state index contributed by atoms with van der Waals surface area (Å²) in [5.74, 6) is -0.344. The predicted octanol–water partition coefficient (Wildman–Crippen LogP) is 1.84. The molecule has 0 radical (unpaired) electrons. The second kappa shape index (κ2) is 7.75. The smallest absolute Gasteiger partial charge is 0.330 e. The van der Waals surface area contributed by atoms with Crippen LogP contribution in [0.4, 0.5) is 0 Å². The van der Waals surface area contributed by atoms with Gasteiger partial charge >= 0.3 is 5.97 Å². The Morgan fingerprint density at radius 2 is 1.96 bits per heavy atom. The monoisotopic (exact) mass is 330 g/mol. The molecule has 3 rings (SSSR count). The van der Waals surface area contributed by atoms with E-state index in [1.165, 1.54) is 6.08 Å². The molecule has 0 aliphatic carbocycles. The predicted molar refractivity (Wildman–Crippen MR) is 89.0 cm³/mol. The van der Waals surface area contributed by atoms with E-state index in [9.17, 15) is 15.0 Å². The Bertz CT molecular complexity index is 609. The SMILES string of the molecule is O=C1C=CC[C@@H](C[C@@H]2C[C@H](O)[C@H](O)[C@H](C=Cc3ccccc3)O2)O1. The number of aliphatic hydroxyl groups excluding tert-OH is 2. The highest BCUT2D eigenvalue weighted by molar-refractivity contribution is 5.82. The molecular weight excluding hydrogens is 308 g/mol. The van der Waals surface area contributed by atoms with Gasteiger partial charge in [0.1, 0.15) is 18.3 Å². The van der Waals surface area contributed by atoms with E-state index in [1.807, 2.05) is 36.4 Å². The zero-order valence-electron chi connectivity index (χ0n) is 13.3. The molecule has 0 aromatic heterocycles. The van der Waals surface area contributed by atoms with Gasteiger partial charge < -0.3 is 19.7 Å². The van der Waals surface area contributed by atoms with Crippen molar-refractivity contribution in [3.05, 3.63) is 54.1 Å². The molecule has 5 nitrogen and oxygen atoms in total. The van der Waals surface area contributed by atoms with E-state index in [-0.39, 0.29) is 18.2 Å². The van der Waals surface area contributed by atoms with Crippen molar-refractivity contribution in [3.63, 3.8) is 0 Å². The number of cyclic esters (lactones) is 1. The highest BCUT2D eigenvalue weighted by atomic mass is 16.5. The zero-order chi connectivity index (χ0) is 16.9. The third-order valence-electron chi connectivity index (χ3n) is 4.32. The molecule has 5 atom stereocenters. The van der Waals surface area contributed by atoms with Crippen molar-refractivity contribution < 1.29 is 24.5 Å². The molecule has 2 aliphatic rings. The molecule has 2 aliphatic heterocycles. The number of carbonyl (C=O) groups excluding carboxylic acids is 1. The van der Waals surface area contributed by atoms with Gasteiger partial charge in [0.25, 0.3) is 0 Å². The van der Waals surface area contributed by atoms with Gasteiger partial charge in [0, 0.05) is 25.3 Å². The Balaban J connectivity index is 1.62. The molecule has 0 amide bonds. The first-order chi connectivity index (χ1) is 11.6. The minimum atomic E-state index is -0.963. The molecule has 1 aromatic carbocycles. The summed E-state index contributed by atoms with van der Waals surface area (Å²) in [7, 11) is 0. The maximum absolute atomic E-state index is 11.3. The average molecular weight is 330 g/mol. The molecule has 0 bridgehead atoms. The fourth-order valence-electron chi connectivity index (χ4n) is 3.07. The summed E-state index contributed by atoms with van der Waals surface area (Å²) < 4.78 is 11.2. The summed E-state index contributed by atoms with van der Waals surface area (Å²) in [5.41, 5.74) is 0.997. The first-order valence-electron chi connectivity index (χ1n) is 8.24. The molecule has 0 unspecified atom stereocenters. The Kier molecular flexibility index (Phi) is 5.45. The molecule has 2 N–H and O–H groups in total. The number of ether oxygens (including phenoxy) is 2. The third kappa shape index (κ3) is 4.32. The maximum Gasteiger partial charge on any atom is 0.330 e. The van der Waals surface area contributed by atoms with E-state index in [4.69, 9.17) is 9.47 Å². The summed E-state index contributed by atoms with van der Waals surface area (Å²) in [4.78, 5) is 11.3. The summed E-state index contributed by atoms with van der Waals surface area (Å²) in [6.45, 7) is 0. The fraction of sp³-hybridized carbons (Fsp3) is 0.421. The number of carbonyl (C=O) groups is 1. The van der Waals surface area contributed by atoms with Crippen LogP contribution in [0.15, 0.2) is 48.6 Å². The number of hydrogen-bond donors (Lipinski definition) is 2. The van der Waals surface area contributed by atoms with Gasteiger partial charge in [0.05, 0.1) is 12.2 Å². The van der Waals surface area contributed by atoms with Crippen LogP contribution in [-0.2, 0) is 14.3 Å². The van der Waals surface area contributed by atoms with Gasteiger partial charge in [-0.3, -0.25) is 0 Å². The van der Waals surface area contributed by atoms with Crippen LogP contribution in [0.3, 0.4) is 0 Å². The van der Waals surface area contributed by atoms with E-state index >= 15 is 0 Å². The highest BCUT2D eigenvalue weighted by Crippen LogP contribution is 2.27. The summed E-state index contributed by atoms with van der Waals surface area (Å²) in [6, 6.07) is 9.70. The number of benzene rings is 1. The fourth-order valence-corrected chi connectivity index (χ4v) is 3.07. The number of hydrogen-bond acceptors (Lipinski definition) is 5. The second-order valence-electron chi connectivity index (χ2n) is 6.22. The van der Waals surface area contributed by atoms with Crippen LogP contribution in [0.25, 0.3) is 6.08 Å². The van der Waals surface area contributed by atoms with Crippen molar-refractivity contribution in [3.8, 4) is 0 Å². The van der Waals surface area contributed by atoms with Gasteiger partial charge in [-0.1, -0.05) is 48.6 Å². The lowest BCUT2D eigenvalue weighted by Crippen LogP contribution is -2.48. The topological polar surface area (TPSA) is 76.0 Å². The summed E-state index contributed by atoms with van der Waals surface area (Å²) >= 11 is 0. The van der Waals surface area contributed by atoms with E-state index in [2.05, 4.69) is 0 Å². The average Bonchev–Trinajstić information content (AvgIpc) is 2.58. The normalized spacial score (nSPS) is 33.6. The van der Waals surface area contributed by atoms with Crippen LogP contribution in [-0.4, -0.2) is 46.7 Å². The minimum absolute atomic E-state index is 0.242. The van der Waals surface area contributed by atoms with E-state index < -0.39 is 18.3 Å². The van der Waals surface area contributed by atoms with E-state index in [0.29, 0.717) is 19.3 Å². The van der Waals surface area contributed by atoms with Crippen LogP contribution < -0.4 is 0 Å². The molecule has 128 valence electrons. The second-order valence-corrected chi connectivity index (χ2v) is 6.22. The van der Waals surface area contributed by atoms with Crippen molar-refractivity contribution in [2.24, 2.45) is 0 Å². The lowest BCUT2D eigenvalue weighted by atomic mass is 9.93. The number of esters is 1. The van der Waals surface area contributed by atoms with E-state index in [1.54, 1.807) is 12.2 Å². The van der Waals surface area contributed by atoms with E-state index in [0.717, 1.165) is 5.56 Å². The number of rotatable bonds is 4. The molecule has 0 saturated carbocycles. The molecule has 2 heterocycles.